The van der Waals surface area contributed by atoms with E-state index in [9.17, 15) is 22.8 Å². The Kier molecular flexibility index (Phi) is 6.46. The van der Waals surface area contributed by atoms with Crippen LogP contribution in [0.3, 0.4) is 0 Å². The van der Waals surface area contributed by atoms with Crippen LogP contribution in [0.2, 0.25) is 5.02 Å². The SMILES string of the molecule is COC(=O)c1cncc(-c2ccc(C(C)C(c3ccc4oc(=O)n(C)c4c3)C(F)(F)F)c(Cl)c2)c1. The number of aryl methyl sites for hydroxylation is 1. The monoisotopic (exact) mass is 504 g/mol. The van der Waals surface area contributed by atoms with Crippen molar-refractivity contribution in [1.29, 1.82) is 0 Å². The molecule has 2 aromatic carbocycles. The number of carbonyl (C=O) groups excluding carboxylic acids is 1. The van der Waals surface area contributed by atoms with E-state index in [0.717, 1.165) is 4.57 Å². The number of rotatable bonds is 5. The molecule has 0 aliphatic rings. The number of aromatic nitrogens is 2. The quantitative estimate of drug-likeness (QED) is 0.308. The summed E-state index contributed by atoms with van der Waals surface area (Å²) in [6.07, 6.45) is -1.71. The smallest absolute Gasteiger partial charge is 0.419 e. The molecule has 0 amide bonds. The molecule has 6 nitrogen and oxygen atoms in total. The topological polar surface area (TPSA) is 74.3 Å². The highest BCUT2D eigenvalue weighted by Crippen LogP contribution is 2.47. The van der Waals surface area contributed by atoms with Gasteiger partial charge in [-0.05, 0) is 46.9 Å². The Hall–Kier alpha value is -3.59. The number of methoxy groups -OCH3 is 1. The van der Waals surface area contributed by atoms with Gasteiger partial charge in [0.2, 0.25) is 0 Å². The molecule has 2 atom stereocenters. The van der Waals surface area contributed by atoms with Crippen LogP contribution < -0.4 is 5.76 Å². The van der Waals surface area contributed by atoms with Gasteiger partial charge in [0.15, 0.2) is 5.58 Å². The Morgan fingerprint density at radius 1 is 1.11 bits per heavy atom. The van der Waals surface area contributed by atoms with E-state index in [1.807, 2.05) is 0 Å². The van der Waals surface area contributed by atoms with E-state index >= 15 is 0 Å². The highest BCUT2D eigenvalue weighted by molar-refractivity contribution is 6.31. The first kappa shape index (κ1) is 24.5. The maximum Gasteiger partial charge on any atom is 0.419 e. The second kappa shape index (κ2) is 9.22. The minimum Gasteiger partial charge on any atom is -0.465 e. The molecule has 0 spiro atoms. The molecule has 2 heterocycles. The maximum atomic E-state index is 14.3. The van der Waals surface area contributed by atoms with E-state index in [2.05, 4.69) is 4.98 Å². The Morgan fingerprint density at radius 3 is 2.51 bits per heavy atom. The van der Waals surface area contributed by atoms with Gasteiger partial charge in [-0.25, -0.2) is 9.59 Å². The van der Waals surface area contributed by atoms with Crippen molar-refractivity contribution in [3.63, 3.8) is 0 Å². The van der Waals surface area contributed by atoms with Gasteiger partial charge in [-0.1, -0.05) is 36.7 Å². The molecule has 0 N–H and O–H groups in total. The van der Waals surface area contributed by atoms with Crippen molar-refractivity contribution in [2.24, 2.45) is 7.05 Å². The lowest BCUT2D eigenvalue weighted by atomic mass is 9.81. The molecule has 4 rings (SSSR count). The average molecular weight is 505 g/mol. The number of esters is 1. The minimum absolute atomic E-state index is 0.0102. The van der Waals surface area contributed by atoms with Crippen molar-refractivity contribution < 1.29 is 27.1 Å². The summed E-state index contributed by atoms with van der Waals surface area (Å²) in [6.45, 7) is 1.46. The van der Waals surface area contributed by atoms with E-state index < -0.39 is 29.7 Å². The van der Waals surface area contributed by atoms with Gasteiger partial charge in [0, 0.05) is 30.0 Å². The van der Waals surface area contributed by atoms with Crippen molar-refractivity contribution >= 4 is 28.7 Å². The number of alkyl halides is 3. The molecule has 0 saturated heterocycles. The second-order valence-electron chi connectivity index (χ2n) is 8.15. The van der Waals surface area contributed by atoms with Crippen LogP contribution in [-0.2, 0) is 11.8 Å². The number of benzene rings is 2. The van der Waals surface area contributed by atoms with E-state index in [0.29, 0.717) is 16.7 Å². The standard InChI is InChI=1S/C25H20ClF3N2O4/c1-13(22(25(27,28)29)15-5-7-21-20(10-15)31(2)24(33)35-21)18-6-4-14(9-19(18)26)16-8-17(12-30-11-16)23(32)34-3/h4-13,22H,1-3H3. The first-order chi connectivity index (χ1) is 16.5. The van der Waals surface area contributed by atoms with E-state index in [-0.39, 0.29) is 27.2 Å². The Labute approximate surface area is 202 Å². The third-order valence-electron chi connectivity index (χ3n) is 6.01. The molecule has 0 saturated carbocycles. The molecular formula is C25H20ClF3N2O4. The highest BCUT2D eigenvalue weighted by Gasteiger charge is 2.45. The van der Waals surface area contributed by atoms with Crippen molar-refractivity contribution in [3.8, 4) is 11.1 Å². The van der Waals surface area contributed by atoms with Gasteiger partial charge >= 0.3 is 17.9 Å². The van der Waals surface area contributed by atoms with Crippen LogP contribution in [0.15, 0.2) is 64.1 Å². The fraction of sp³-hybridized carbons (Fsp3) is 0.240. The highest BCUT2D eigenvalue weighted by atomic mass is 35.5. The number of hydrogen-bond acceptors (Lipinski definition) is 5. The van der Waals surface area contributed by atoms with Crippen LogP contribution in [0.25, 0.3) is 22.2 Å². The summed E-state index contributed by atoms with van der Waals surface area (Å²) in [5, 5.41) is 0.143. The van der Waals surface area contributed by atoms with Crippen LogP contribution >= 0.6 is 11.6 Å². The molecule has 4 aromatic rings. The Morgan fingerprint density at radius 2 is 1.86 bits per heavy atom. The number of ether oxygens (including phenoxy) is 1. The zero-order chi connectivity index (χ0) is 25.5. The van der Waals surface area contributed by atoms with Gasteiger partial charge < -0.3 is 9.15 Å². The first-order valence-electron chi connectivity index (χ1n) is 10.5. The van der Waals surface area contributed by atoms with E-state index in [1.54, 1.807) is 18.2 Å². The summed E-state index contributed by atoms with van der Waals surface area (Å²) in [7, 11) is 2.69. The maximum absolute atomic E-state index is 14.3. The van der Waals surface area contributed by atoms with Crippen molar-refractivity contribution in [1.82, 2.24) is 9.55 Å². The fourth-order valence-electron chi connectivity index (χ4n) is 4.18. The number of fused-ring (bicyclic) bond motifs is 1. The number of nitrogens with zero attached hydrogens (tertiary/aromatic N) is 2. The van der Waals surface area contributed by atoms with Crippen molar-refractivity contribution in [2.75, 3.05) is 7.11 Å². The third kappa shape index (κ3) is 4.68. The minimum atomic E-state index is -4.59. The van der Waals surface area contributed by atoms with Gasteiger partial charge in [0.05, 0.1) is 24.1 Å². The van der Waals surface area contributed by atoms with Crippen molar-refractivity contribution in [3.05, 3.63) is 87.1 Å². The largest absolute Gasteiger partial charge is 0.465 e. The summed E-state index contributed by atoms with van der Waals surface area (Å²) in [6, 6.07) is 10.3. The van der Waals surface area contributed by atoms with Gasteiger partial charge in [-0.15, -0.1) is 0 Å². The summed E-state index contributed by atoms with van der Waals surface area (Å²) in [5.74, 6) is -4.14. The van der Waals surface area contributed by atoms with Crippen LogP contribution in [-0.4, -0.2) is 28.8 Å². The number of carbonyl (C=O) groups is 1. The fourth-order valence-corrected chi connectivity index (χ4v) is 4.53. The molecule has 2 unspecified atom stereocenters. The second-order valence-corrected chi connectivity index (χ2v) is 8.56. The molecule has 35 heavy (non-hydrogen) atoms. The molecule has 0 radical (unpaired) electrons. The molecule has 0 aliphatic heterocycles. The van der Waals surface area contributed by atoms with Gasteiger partial charge in [-0.2, -0.15) is 13.2 Å². The van der Waals surface area contributed by atoms with E-state index in [1.165, 1.54) is 57.7 Å². The zero-order valence-corrected chi connectivity index (χ0v) is 19.6. The van der Waals surface area contributed by atoms with Crippen LogP contribution in [0.5, 0.6) is 0 Å². The molecule has 0 aliphatic carbocycles. The summed E-state index contributed by atoms with van der Waals surface area (Å²) >= 11 is 6.47. The predicted molar refractivity (Wildman–Crippen MR) is 125 cm³/mol. The Balaban J connectivity index is 1.73. The number of oxazole rings is 1. The van der Waals surface area contributed by atoms with Gasteiger partial charge in [-0.3, -0.25) is 9.55 Å². The van der Waals surface area contributed by atoms with Crippen LogP contribution in [0.1, 0.15) is 40.2 Å². The zero-order valence-electron chi connectivity index (χ0n) is 18.9. The third-order valence-corrected chi connectivity index (χ3v) is 6.34. The number of pyridine rings is 1. The molecule has 10 heteroatoms. The Bertz CT molecular complexity index is 1480. The lowest BCUT2D eigenvalue weighted by Crippen LogP contribution is -2.26. The molecule has 182 valence electrons. The number of halogens is 4. The summed E-state index contributed by atoms with van der Waals surface area (Å²) < 4.78 is 53.8. The van der Waals surface area contributed by atoms with Crippen LogP contribution in [0.4, 0.5) is 13.2 Å². The number of hydrogen-bond donors (Lipinski definition) is 0. The molecule has 2 aromatic heterocycles. The van der Waals surface area contributed by atoms with E-state index in [4.69, 9.17) is 20.8 Å². The molecule has 0 bridgehead atoms. The summed E-state index contributed by atoms with van der Waals surface area (Å²) in [5.41, 5.74) is 2.16. The average Bonchev–Trinajstić information content (AvgIpc) is 3.10. The van der Waals surface area contributed by atoms with Gasteiger partial charge in [0.1, 0.15) is 0 Å². The predicted octanol–water partition coefficient (Wildman–Crippen LogP) is 6.08. The first-order valence-corrected chi connectivity index (χ1v) is 10.9. The molecule has 0 fully saturated rings. The lowest BCUT2D eigenvalue weighted by molar-refractivity contribution is -0.154. The van der Waals surface area contributed by atoms with Crippen molar-refractivity contribution in [2.45, 2.75) is 24.9 Å². The summed E-state index contributed by atoms with van der Waals surface area (Å²) in [4.78, 5) is 27.6. The normalized spacial score (nSPS) is 13.6. The lowest BCUT2D eigenvalue weighted by Gasteiger charge is -2.28. The van der Waals surface area contributed by atoms with Crippen LogP contribution in [0, 0.1) is 0 Å². The molecular weight excluding hydrogens is 485 g/mol. The van der Waals surface area contributed by atoms with Gasteiger partial charge in [0.25, 0.3) is 0 Å².